The van der Waals surface area contributed by atoms with E-state index in [1.165, 1.54) is 6.42 Å². The van der Waals surface area contributed by atoms with Crippen LogP contribution in [0.15, 0.2) is 0 Å². The first-order valence-corrected chi connectivity index (χ1v) is 4.86. The Kier molecular flexibility index (Phi) is 2.77. The zero-order valence-electron chi connectivity index (χ0n) is 8.60. The standard InChI is InChI=1S/C10H20FN/c1-8(2)10(4)5-6-12(10)7-9(3)11/h8-9H,5-7H2,1-4H3. The lowest BCUT2D eigenvalue weighted by molar-refractivity contribution is -0.0472. The van der Waals surface area contributed by atoms with Gasteiger partial charge < -0.3 is 0 Å². The van der Waals surface area contributed by atoms with Crippen molar-refractivity contribution in [3.05, 3.63) is 0 Å². The Hall–Kier alpha value is -0.110. The SMILES string of the molecule is CC(F)CN1CCC1(C)C(C)C. The average Bonchev–Trinajstić information content (AvgIpc) is 1.96. The van der Waals surface area contributed by atoms with Crippen molar-refractivity contribution in [2.75, 3.05) is 13.1 Å². The molecule has 0 aromatic carbocycles. The summed E-state index contributed by atoms with van der Waals surface area (Å²) in [6, 6.07) is 0. The van der Waals surface area contributed by atoms with Gasteiger partial charge in [-0.25, -0.2) is 4.39 Å². The molecule has 0 aromatic heterocycles. The Labute approximate surface area is 74.9 Å². The molecule has 0 radical (unpaired) electrons. The van der Waals surface area contributed by atoms with Crippen molar-refractivity contribution in [3.8, 4) is 0 Å². The van der Waals surface area contributed by atoms with Crippen LogP contribution in [0.2, 0.25) is 0 Å². The monoisotopic (exact) mass is 173 g/mol. The molecule has 0 bridgehead atoms. The van der Waals surface area contributed by atoms with Crippen LogP contribution in [0, 0.1) is 5.92 Å². The molecule has 2 atom stereocenters. The molecule has 72 valence electrons. The van der Waals surface area contributed by atoms with Crippen LogP contribution in [0.25, 0.3) is 0 Å². The molecule has 1 heterocycles. The van der Waals surface area contributed by atoms with Crippen LogP contribution >= 0.6 is 0 Å². The van der Waals surface area contributed by atoms with Gasteiger partial charge in [-0.3, -0.25) is 4.90 Å². The molecule has 0 aliphatic carbocycles. The van der Waals surface area contributed by atoms with Crippen LogP contribution in [0.1, 0.15) is 34.1 Å². The minimum atomic E-state index is -0.691. The highest BCUT2D eigenvalue weighted by atomic mass is 19.1. The Morgan fingerprint density at radius 3 is 2.25 bits per heavy atom. The third-order valence-corrected chi connectivity index (χ3v) is 3.33. The Morgan fingerprint density at radius 2 is 2.00 bits per heavy atom. The summed E-state index contributed by atoms with van der Waals surface area (Å²) in [5.41, 5.74) is 0.264. The zero-order valence-corrected chi connectivity index (χ0v) is 8.60. The summed E-state index contributed by atoms with van der Waals surface area (Å²) in [7, 11) is 0. The highest BCUT2D eigenvalue weighted by molar-refractivity contribution is 4.98. The van der Waals surface area contributed by atoms with Gasteiger partial charge in [0.15, 0.2) is 0 Å². The lowest BCUT2D eigenvalue weighted by atomic mass is 9.77. The van der Waals surface area contributed by atoms with E-state index in [4.69, 9.17) is 0 Å². The van der Waals surface area contributed by atoms with E-state index in [9.17, 15) is 4.39 Å². The lowest BCUT2D eigenvalue weighted by Gasteiger charge is -2.54. The van der Waals surface area contributed by atoms with E-state index in [-0.39, 0.29) is 5.54 Å². The number of nitrogens with zero attached hydrogens (tertiary/aromatic N) is 1. The van der Waals surface area contributed by atoms with Crippen LogP contribution < -0.4 is 0 Å². The topological polar surface area (TPSA) is 3.24 Å². The van der Waals surface area contributed by atoms with Crippen LogP contribution in [-0.2, 0) is 0 Å². The van der Waals surface area contributed by atoms with E-state index >= 15 is 0 Å². The molecule has 1 rings (SSSR count). The van der Waals surface area contributed by atoms with Crippen molar-refractivity contribution in [1.29, 1.82) is 0 Å². The van der Waals surface area contributed by atoms with E-state index in [0.29, 0.717) is 12.5 Å². The van der Waals surface area contributed by atoms with E-state index in [1.807, 2.05) is 0 Å². The van der Waals surface area contributed by atoms with Gasteiger partial charge in [0.25, 0.3) is 0 Å². The number of hydrogen-bond acceptors (Lipinski definition) is 1. The first-order valence-electron chi connectivity index (χ1n) is 4.86. The fraction of sp³-hybridized carbons (Fsp3) is 1.00. The van der Waals surface area contributed by atoms with E-state index in [0.717, 1.165) is 6.54 Å². The summed E-state index contributed by atoms with van der Waals surface area (Å²) in [5, 5.41) is 0. The second kappa shape index (κ2) is 3.33. The van der Waals surface area contributed by atoms with Gasteiger partial charge in [0.1, 0.15) is 6.17 Å². The maximum absolute atomic E-state index is 12.7. The quantitative estimate of drug-likeness (QED) is 0.633. The summed E-state index contributed by atoms with van der Waals surface area (Å²) in [6.45, 7) is 9.99. The first-order chi connectivity index (χ1) is 5.47. The van der Waals surface area contributed by atoms with Crippen molar-refractivity contribution in [3.63, 3.8) is 0 Å². The van der Waals surface area contributed by atoms with Crippen molar-refractivity contribution in [2.45, 2.75) is 45.8 Å². The predicted molar refractivity (Wildman–Crippen MR) is 50.0 cm³/mol. The second-order valence-corrected chi connectivity index (χ2v) is 4.49. The van der Waals surface area contributed by atoms with Crippen LogP contribution in [0.3, 0.4) is 0 Å². The predicted octanol–water partition coefficient (Wildman–Crippen LogP) is 2.46. The van der Waals surface area contributed by atoms with Gasteiger partial charge in [-0.05, 0) is 26.2 Å². The summed E-state index contributed by atoms with van der Waals surface area (Å²) < 4.78 is 12.7. The number of likely N-dealkylation sites (tertiary alicyclic amines) is 1. The minimum Gasteiger partial charge on any atom is -0.295 e. The van der Waals surface area contributed by atoms with Gasteiger partial charge in [-0.15, -0.1) is 0 Å². The molecular formula is C10H20FN. The van der Waals surface area contributed by atoms with Crippen molar-refractivity contribution in [1.82, 2.24) is 4.90 Å². The molecule has 0 amide bonds. The maximum atomic E-state index is 12.7. The maximum Gasteiger partial charge on any atom is 0.110 e. The van der Waals surface area contributed by atoms with Crippen LogP contribution in [0.5, 0.6) is 0 Å². The Morgan fingerprint density at radius 1 is 1.42 bits per heavy atom. The second-order valence-electron chi connectivity index (χ2n) is 4.49. The number of alkyl halides is 1. The summed E-state index contributed by atoms with van der Waals surface area (Å²) in [5.74, 6) is 0.630. The third kappa shape index (κ3) is 1.63. The Bertz CT molecular complexity index is 156. The van der Waals surface area contributed by atoms with Gasteiger partial charge in [-0.2, -0.15) is 0 Å². The molecule has 2 unspecified atom stereocenters. The van der Waals surface area contributed by atoms with E-state index in [2.05, 4.69) is 25.7 Å². The van der Waals surface area contributed by atoms with Gasteiger partial charge in [0.05, 0.1) is 0 Å². The molecule has 0 N–H and O–H groups in total. The third-order valence-electron chi connectivity index (χ3n) is 3.33. The molecule has 0 spiro atoms. The molecular weight excluding hydrogens is 153 g/mol. The molecule has 12 heavy (non-hydrogen) atoms. The normalized spacial score (nSPS) is 33.5. The van der Waals surface area contributed by atoms with Gasteiger partial charge in [-0.1, -0.05) is 13.8 Å². The van der Waals surface area contributed by atoms with Crippen LogP contribution in [0.4, 0.5) is 4.39 Å². The van der Waals surface area contributed by atoms with Gasteiger partial charge in [0, 0.05) is 18.6 Å². The summed E-state index contributed by atoms with van der Waals surface area (Å²) >= 11 is 0. The van der Waals surface area contributed by atoms with E-state index in [1.54, 1.807) is 6.92 Å². The van der Waals surface area contributed by atoms with Crippen LogP contribution in [-0.4, -0.2) is 29.7 Å². The van der Waals surface area contributed by atoms with Gasteiger partial charge >= 0.3 is 0 Å². The number of halogens is 1. The average molecular weight is 173 g/mol. The van der Waals surface area contributed by atoms with Crippen molar-refractivity contribution in [2.24, 2.45) is 5.92 Å². The fourth-order valence-electron chi connectivity index (χ4n) is 1.88. The fourth-order valence-corrected chi connectivity index (χ4v) is 1.88. The number of rotatable bonds is 3. The molecule has 1 nitrogen and oxygen atoms in total. The molecule has 2 heteroatoms. The molecule has 1 aliphatic heterocycles. The molecule has 1 aliphatic rings. The number of hydrogen-bond donors (Lipinski definition) is 0. The summed E-state index contributed by atoms with van der Waals surface area (Å²) in [6.07, 6.45) is 0.528. The van der Waals surface area contributed by atoms with Crippen molar-refractivity contribution < 1.29 is 4.39 Å². The molecule has 0 aromatic rings. The van der Waals surface area contributed by atoms with E-state index < -0.39 is 6.17 Å². The largest absolute Gasteiger partial charge is 0.295 e. The Balaban J connectivity index is 2.47. The van der Waals surface area contributed by atoms with Gasteiger partial charge in [0.2, 0.25) is 0 Å². The highest BCUT2D eigenvalue weighted by Gasteiger charge is 2.42. The zero-order chi connectivity index (χ0) is 9.35. The lowest BCUT2D eigenvalue weighted by Crippen LogP contribution is -2.62. The summed E-state index contributed by atoms with van der Waals surface area (Å²) in [4.78, 5) is 2.27. The molecule has 1 fully saturated rings. The molecule has 1 saturated heterocycles. The highest BCUT2D eigenvalue weighted by Crippen LogP contribution is 2.36. The first kappa shape index (κ1) is 9.97. The minimum absolute atomic E-state index is 0.264. The smallest absolute Gasteiger partial charge is 0.110 e. The molecule has 0 saturated carbocycles. The van der Waals surface area contributed by atoms with Crippen molar-refractivity contribution >= 4 is 0 Å².